The molecule has 126 valence electrons. The molecule has 0 unspecified atom stereocenters. The quantitative estimate of drug-likeness (QED) is 0.474. The molecule has 0 bridgehead atoms. The highest BCUT2D eigenvalue weighted by molar-refractivity contribution is 6.72. The molecule has 0 aromatic carbocycles. The van der Waals surface area contributed by atoms with Crippen molar-refractivity contribution in [3.05, 3.63) is 0 Å². The van der Waals surface area contributed by atoms with E-state index in [9.17, 15) is 4.80 Å². The summed E-state index contributed by atoms with van der Waals surface area (Å²) in [5, 5.41) is 7.52. The minimum atomic E-state index is -2.03. The molecule has 0 aliphatic carbocycles. The number of nitrogens with one attached hydrogen (secondary N) is 2. The van der Waals surface area contributed by atoms with Crippen LogP contribution in [0.4, 0.5) is 0 Å². The first-order valence-corrected chi connectivity index (χ1v) is 11.8. The van der Waals surface area contributed by atoms with Gasteiger partial charge in [0.1, 0.15) is 0 Å². The molecule has 3 N–H and O–H groups in total. The zero-order valence-electron chi connectivity index (χ0n) is 15.1. The van der Waals surface area contributed by atoms with E-state index in [-0.39, 0.29) is 5.04 Å². The van der Waals surface area contributed by atoms with Crippen LogP contribution in [0.1, 0.15) is 59.8 Å². The Morgan fingerprint density at radius 1 is 1.10 bits per heavy atom. The molecule has 4 heteroatoms. The largest absolute Gasteiger partial charge is 0.432 e. The standard InChI is InChI=1S/C17H38N2OSi/c1-14(2)11-16-13-18-15(12-19-16)9-7-8-10-17(3,4)21(5,6)20/h14-16,18-20H,7-13H2,1-6H3/t15-,16+/m0/s1. The third kappa shape index (κ3) is 6.81. The molecule has 1 aliphatic heterocycles. The minimum absolute atomic E-state index is 0.133. The van der Waals surface area contributed by atoms with Gasteiger partial charge < -0.3 is 15.4 Å². The lowest BCUT2D eigenvalue weighted by Gasteiger charge is -2.35. The van der Waals surface area contributed by atoms with Crippen molar-refractivity contribution in [3.8, 4) is 0 Å². The number of hydrogen-bond donors (Lipinski definition) is 3. The lowest BCUT2D eigenvalue weighted by Crippen LogP contribution is -2.54. The SMILES string of the molecule is CC(C)C[C@@H]1CN[C@@H](CCCCC(C)(C)[Si](C)(C)O)CN1. The molecule has 3 nitrogen and oxygen atoms in total. The summed E-state index contributed by atoms with van der Waals surface area (Å²) in [7, 11) is -2.03. The molecule has 0 aromatic heterocycles. The fraction of sp³-hybridized carbons (Fsp3) is 1.00. The van der Waals surface area contributed by atoms with Crippen molar-refractivity contribution in [2.45, 2.75) is 90.0 Å². The predicted octanol–water partition coefficient (Wildman–Crippen LogP) is 3.50. The smallest absolute Gasteiger partial charge is 0.188 e. The average Bonchev–Trinajstić information content (AvgIpc) is 2.34. The number of rotatable bonds is 8. The van der Waals surface area contributed by atoms with Crippen molar-refractivity contribution in [1.29, 1.82) is 0 Å². The van der Waals surface area contributed by atoms with Gasteiger partial charge in [0, 0.05) is 25.2 Å². The van der Waals surface area contributed by atoms with Crippen LogP contribution in [-0.4, -0.2) is 38.3 Å². The van der Waals surface area contributed by atoms with Crippen LogP contribution in [-0.2, 0) is 0 Å². The van der Waals surface area contributed by atoms with Crippen LogP contribution in [0, 0.1) is 5.92 Å². The second-order valence-electron chi connectivity index (χ2n) is 8.53. The van der Waals surface area contributed by atoms with E-state index in [1.807, 2.05) is 0 Å². The first-order chi connectivity index (χ1) is 9.62. The summed E-state index contributed by atoms with van der Waals surface area (Å²) >= 11 is 0. The highest BCUT2D eigenvalue weighted by Gasteiger charge is 2.37. The van der Waals surface area contributed by atoms with E-state index in [2.05, 4.69) is 51.4 Å². The molecule has 1 rings (SSSR count). The van der Waals surface area contributed by atoms with Gasteiger partial charge in [-0.05, 0) is 43.3 Å². The molecule has 21 heavy (non-hydrogen) atoms. The summed E-state index contributed by atoms with van der Waals surface area (Å²) in [5.41, 5.74) is 0. The van der Waals surface area contributed by atoms with Gasteiger partial charge in [-0.3, -0.25) is 0 Å². The first kappa shape index (κ1) is 19.1. The number of unbranched alkanes of at least 4 members (excludes halogenated alkanes) is 1. The summed E-state index contributed by atoms with van der Waals surface area (Å²) in [5.74, 6) is 0.772. The summed E-state index contributed by atoms with van der Waals surface area (Å²) in [6.45, 7) is 15.4. The van der Waals surface area contributed by atoms with Crippen LogP contribution in [0.25, 0.3) is 0 Å². The second-order valence-corrected chi connectivity index (χ2v) is 13.0. The Balaban J connectivity index is 2.15. The highest BCUT2D eigenvalue weighted by atomic mass is 28.4. The maximum atomic E-state index is 10.3. The Bertz CT molecular complexity index is 292. The van der Waals surface area contributed by atoms with Crippen LogP contribution in [0.15, 0.2) is 0 Å². The van der Waals surface area contributed by atoms with Gasteiger partial charge >= 0.3 is 0 Å². The van der Waals surface area contributed by atoms with Crippen LogP contribution >= 0.6 is 0 Å². The van der Waals surface area contributed by atoms with E-state index in [0.29, 0.717) is 12.1 Å². The van der Waals surface area contributed by atoms with E-state index in [4.69, 9.17) is 0 Å². The predicted molar refractivity (Wildman–Crippen MR) is 95.2 cm³/mol. The maximum Gasteiger partial charge on any atom is 0.188 e. The van der Waals surface area contributed by atoms with Gasteiger partial charge in [0.25, 0.3) is 0 Å². The fourth-order valence-corrected chi connectivity index (χ4v) is 3.75. The van der Waals surface area contributed by atoms with Gasteiger partial charge in [-0.25, -0.2) is 0 Å². The van der Waals surface area contributed by atoms with E-state index in [1.165, 1.54) is 25.7 Å². The molecule has 0 radical (unpaired) electrons. The molecular weight excluding hydrogens is 276 g/mol. The summed E-state index contributed by atoms with van der Waals surface area (Å²) in [4.78, 5) is 10.3. The molecule has 1 saturated heterocycles. The summed E-state index contributed by atoms with van der Waals surface area (Å²) in [6.07, 6.45) is 6.17. The lowest BCUT2D eigenvalue weighted by molar-refractivity contribution is 0.297. The molecule has 0 spiro atoms. The topological polar surface area (TPSA) is 44.3 Å². The van der Waals surface area contributed by atoms with Crippen molar-refractivity contribution in [3.63, 3.8) is 0 Å². The van der Waals surface area contributed by atoms with Crippen molar-refractivity contribution >= 4 is 8.32 Å². The van der Waals surface area contributed by atoms with Crippen LogP contribution in [0.5, 0.6) is 0 Å². The van der Waals surface area contributed by atoms with E-state index >= 15 is 0 Å². The van der Waals surface area contributed by atoms with Gasteiger partial charge in [0.2, 0.25) is 0 Å². The highest BCUT2D eigenvalue weighted by Crippen LogP contribution is 2.40. The Labute approximate surface area is 133 Å². The van der Waals surface area contributed by atoms with Crippen molar-refractivity contribution in [2.24, 2.45) is 5.92 Å². The minimum Gasteiger partial charge on any atom is -0.432 e. The van der Waals surface area contributed by atoms with Gasteiger partial charge in [0.15, 0.2) is 8.32 Å². The van der Waals surface area contributed by atoms with Gasteiger partial charge in [-0.2, -0.15) is 0 Å². The summed E-state index contributed by atoms with van der Waals surface area (Å²) in [6, 6.07) is 1.29. The molecule has 0 saturated carbocycles. The maximum absolute atomic E-state index is 10.3. The molecular formula is C17H38N2OSi. The summed E-state index contributed by atoms with van der Waals surface area (Å²) < 4.78 is 0. The van der Waals surface area contributed by atoms with E-state index in [0.717, 1.165) is 25.4 Å². The fourth-order valence-electron chi connectivity index (χ4n) is 2.97. The molecule has 2 atom stereocenters. The third-order valence-corrected chi connectivity index (χ3v) is 8.88. The van der Waals surface area contributed by atoms with Crippen LogP contribution in [0.2, 0.25) is 18.1 Å². The Hall–Kier alpha value is 0.0969. The van der Waals surface area contributed by atoms with Crippen LogP contribution < -0.4 is 10.6 Å². The Kier molecular flexibility index (Phi) is 7.38. The lowest BCUT2D eigenvalue weighted by atomic mass is 9.98. The molecule has 1 heterocycles. The monoisotopic (exact) mass is 314 g/mol. The van der Waals surface area contributed by atoms with Crippen LogP contribution in [0.3, 0.4) is 0 Å². The molecule has 0 aromatic rings. The molecule has 0 amide bonds. The number of piperazine rings is 1. The zero-order chi connectivity index (χ0) is 16.1. The normalized spacial score (nSPS) is 24.6. The van der Waals surface area contributed by atoms with Gasteiger partial charge in [0.05, 0.1) is 0 Å². The second kappa shape index (κ2) is 8.09. The Morgan fingerprint density at radius 2 is 1.67 bits per heavy atom. The van der Waals surface area contributed by atoms with E-state index in [1.54, 1.807) is 0 Å². The van der Waals surface area contributed by atoms with E-state index < -0.39 is 8.32 Å². The number of hydrogen-bond acceptors (Lipinski definition) is 3. The molecule has 1 fully saturated rings. The van der Waals surface area contributed by atoms with Gasteiger partial charge in [-0.1, -0.05) is 40.5 Å². The van der Waals surface area contributed by atoms with Crippen molar-refractivity contribution < 1.29 is 4.80 Å². The van der Waals surface area contributed by atoms with Crippen molar-refractivity contribution in [1.82, 2.24) is 10.6 Å². The van der Waals surface area contributed by atoms with Crippen molar-refractivity contribution in [2.75, 3.05) is 13.1 Å². The molecule has 1 aliphatic rings. The zero-order valence-corrected chi connectivity index (χ0v) is 16.1. The third-order valence-electron chi connectivity index (χ3n) is 5.32. The van der Waals surface area contributed by atoms with Gasteiger partial charge in [-0.15, -0.1) is 0 Å². The average molecular weight is 315 g/mol. The first-order valence-electron chi connectivity index (χ1n) is 8.81. The Morgan fingerprint density at radius 3 is 2.14 bits per heavy atom.